The molecule has 80 valence electrons. The number of carboxylic acids is 1. The molecule has 0 aliphatic heterocycles. The Hall–Kier alpha value is -2.29. The van der Waals surface area contributed by atoms with Gasteiger partial charge in [-0.25, -0.2) is 4.79 Å². The van der Waals surface area contributed by atoms with E-state index in [1.54, 1.807) is 6.07 Å². The van der Waals surface area contributed by atoms with Crippen LogP contribution in [0.15, 0.2) is 48.5 Å². The van der Waals surface area contributed by atoms with Crippen LogP contribution in [0.3, 0.4) is 0 Å². The van der Waals surface area contributed by atoms with Gasteiger partial charge < -0.3 is 10.2 Å². The fourth-order valence-corrected chi connectivity index (χ4v) is 1.52. The number of carbonyl (C=O) groups is 1. The molecule has 0 heterocycles. The summed E-state index contributed by atoms with van der Waals surface area (Å²) in [7, 11) is 0. The van der Waals surface area contributed by atoms with Crippen LogP contribution in [0.4, 0.5) is 0 Å². The van der Waals surface area contributed by atoms with E-state index in [0.717, 1.165) is 11.1 Å². The minimum atomic E-state index is -1.13. The summed E-state index contributed by atoms with van der Waals surface area (Å²) in [4.78, 5) is 10.7. The molecule has 0 saturated heterocycles. The second-order valence-electron chi connectivity index (χ2n) is 3.40. The first kappa shape index (κ1) is 10.2. The Morgan fingerprint density at radius 2 is 1.62 bits per heavy atom. The van der Waals surface area contributed by atoms with Crippen molar-refractivity contribution in [3.63, 3.8) is 0 Å². The van der Waals surface area contributed by atoms with Crippen LogP contribution in [0.25, 0.3) is 11.1 Å². The van der Waals surface area contributed by atoms with Crippen molar-refractivity contribution in [3.8, 4) is 16.9 Å². The Labute approximate surface area is 92.6 Å². The van der Waals surface area contributed by atoms with Crippen molar-refractivity contribution in [1.82, 2.24) is 0 Å². The molecule has 2 aromatic rings. The monoisotopic (exact) mass is 214 g/mol. The highest BCUT2D eigenvalue weighted by molar-refractivity contribution is 5.91. The molecule has 0 saturated carbocycles. The summed E-state index contributed by atoms with van der Waals surface area (Å²) in [6, 6.07) is 14.0. The molecule has 0 radical (unpaired) electrons. The number of hydrogen-bond donors (Lipinski definition) is 2. The van der Waals surface area contributed by atoms with Crippen LogP contribution in [0.5, 0.6) is 5.75 Å². The van der Waals surface area contributed by atoms with Crippen LogP contribution in [0.1, 0.15) is 10.4 Å². The quantitative estimate of drug-likeness (QED) is 0.808. The van der Waals surface area contributed by atoms with Gasteiger partial charge in [-0.05, 0) is 23.3 Å². The number of phenols is 1. The van der Waals surface area contributed by atoms with Crippen molar-refractivity contribution < 1.29 is 15.0 Å². The van der Waals surface area contributed by atoms with Gasteiger partial charge in [0, 0.05) is 0 Å². The van der Waals surface area contributed by atoms with E-state index >= 15 is 0 Å². The third-order valence-corrected chi connectivity index (χ3v) is 2.34. The second kappa shape index (κ2) is 4.06. The maximum absolute atomic E-state index is 10.7. The van der Waals surface area contributed by atoms with Gasteiger partial charge in [0.25, 0.3) is 0 Å². The van der Waals surface area contributed by atoms with E-state index in [1.165, 1.54) is 12.1 Å². The Morgan fingerprint density at radius 3 is 2.19 bits per heavy atom. The van der Waals surface area contributed by atoms with E-state index in [1.807, 2.05) is 30.3 Å². The molecule has 2 aromatic carbocycles. The lowest BCUT2D eigenvalue weighted by Crippen LogP contribution is -1.96. The van der Waals surface area contributed by atoms with Crippen molar-refractivity contribution in [2.24, 2.45) is 0 Å². The predicted molar refractivity (Wildman–Crippen MR) is 60.5 cm³/mol. The van der Waals surface area contributed by atoms with Crippen molar-refractivity contribution in [1.29, 1.82) is 0 Å². The molecular formula is C13H10O3. The topological polar surface area (TPSA) is 57.5 Å². The fraction of sp³-hybridized carbons (Fsp3) is 0. The third kappa shape index (κ3) is 1.88. The molecular weight excluding hydrogens is 204 g/mol. The van der Waals surface area contributed by atoms with Gasteiger partial charge in [-0.15, -0.1) is 0 Å². The molecule has 2 N–H and O–H groups in total. The van der Waals surface area contributed by atoms with Crippen molar-refractivity contribution in [2.45, 2.75) is 0 Å². The third-order valence-electron chi connectivity index (χ3n) is 2.34. The lowest BCUT2D eigenvalue weighted by Gasteiger charge is -2.04. The van der Waals surface area contributed by atoms with Gasteiger partial charge in [0.1, 0.15) is 11.3 Å². The number of aromatic hydroxyl groups is 1. The molecule has 16 heavy (non-hydrogen) atoms. The molecule has 0 aliphatic carbocycles. The average molecular weight is 214 g/mol. The molecule has 2 rings (SSSR count). The van der Waals surface area contributed by atoms with Crippen LogP contribution in [-0.4, -0.2) is 16.2 Å². The van der Waals surface area contributed by atoms with Crippen LogP contribution >= 0.6 is 0 Å². The highest BCUT2D eigenvalue weighted by Gasteiger charge is 2.09. The Kier molecular flexibility index (Phi) is 2.60. The van der Waals surface area contributed by atoms with E-state index in [0.29, 0.717) is 0 Å². The smallest absolute Gasteiger partial charge is 0.339 e. The zero-order valence-corrected chi connectivity index (χ0v) is 8.42. The number of carboxylic acid groups (broad SMARTS) is 1. The summed E-state index contributed by atoms with van der Waals surface area (Å²) >= 11 is 0. The van der Waals surface area contributed by atoms with Crippen LogP contribution in [0.2, 0.25) is 0 Å². The summed E-state index contributed by atoms with van der Waals surface area (Å²) in [6.07, 6.45) is 0. The molecule has 0 atom stereocenters. The first-order chi connectivity index (χ1) is 7.68. The molecule has 0 unspecified atom stereocenters. The van der Waals surface area contributed by atoms with Crippen LogP contribution in [-0.2, 0) is 0 Å². The highest BCUT2D eigenvalue weighted by atomic mass is 16.4. The summed E-state index contributed by atoms with van der Waals surface area (Å²) in [5.41, 5.74) is 1.65. The van der Waals surface area contributed by atoms with Crippen LogP contribution in [0, 0.1) is 0 Å². The largest absolute Gasteiger partial charge is 0.507 e. The zero-order chi connectivity index (χ0) is 11.5. The Balaban J connectivity index is 2.46. The zero-order valence-electron chi connectivity index (χ0n) is 8.42. The van der Waals surface area contributed by atoms with Crippen molar-refractivity contribution in [2.75, 3.05) is 0 Å². The lowest BCUT2D eigenvalue weighted by molar-refractivity contribution is 0.0694. The lowest BCUT2D eigenvalue weighted by atomic mass is 10.0. The molecule has 3 heteroatoms. The maximum atomic E-state index is 10.7. The number of rotatable bonds is 2. The normalized spacial score (nSPS) is 10.0. The van der Waals surface area contributed by atoms with E-state index in [-0.39, 0.29) is 11.3 Å². The molecule has 0 spiro atoms. The summed E-state index contributed by atoms with van der Waals surface area (Å²) in [5.74, 6) is -1.34. The standard InChI is InChI=1S/C13H10O3/c14-12-8-10(6-7-11(12)13(15)16)9-4-2-1-3-5-9/h1-8,14H,(H,15,16). The van der Waals surface area contributed by atoms with Gasteiger partial charge >= 0.3 is 5.97 Å². The number of hydrogen-bond acceptors (Lipinski definition) is 2. The van der Waals surface area contributed by atoms with E-state index in [9.17, 15) is 9.90 Å². The molecule has 0 aliphatic rings. The number of aromatic carboxylic acids is 1. The Morgan fingerprint density at radius 1 is 0.938 bits per heavy atom. The van der Waals surface area contributed by atoms with Crippen molar-refractivity contribution in [3.05, 3.63) is 54.1 Å². The van der Waals surface area contributed by atoms with E-state index in [2.05, 4.69) is 0 Å². The van der Waals surface area contributed by atoms with Gasteiger partial charge in [-0.2, -0.15) is 0 Å². The molecule has 0 amide bonds. The molecule has 0 bridgehead atoms. The Bertz CT molecular complexity index is 518. The predicted octanol–water partition coefficient (Wildman–Crippen LogP) is 2.76. The summed E-state index contributed by atoms with van der Waals surface area (Å²) in [6.45, 7) is 0. The molecule has 3 nitrogen and oxygen atoms in total. The summed E-state index contributed by atoms with van der Waals surface area (Å²) < 4.78 is 0. The van der Waals surface area contributed by atoms with Crippen LogP contribution < -0.4 is 0 Å². The highest BCUT2D eigenvalue weighted by Crippen LogP contribution is 2.26. The minimum absolute atomic E-state index is 0.0836. The average Bonchev–Trinajstić information content (AvgIpc) is 2.29. The molecule has 0 fully saturated rings. The van der Waals surface area contributed by atoms with Crippen molar-refractivity contribution >= 4 is 5.97 Å². The minimum Gasteiger partial charge on any atom is -0.507 e. The maximum Gasteiger partial charge on any atom is 0.339 e. The number of benzene rings is 2. The van der Waals surface area contributed by atoms with Gasteiger partial charge in [0.15, 0.2) is 0 Å². The first-order valence-corrected chi connectivity index (χ1v) is 4.80. The van der Waals surface area contributed by atoms with E-state index < -0.39 is 5.97 Å². The van der Waals surface area contributed by atoms with Gasteiger partial charge in [0.2, 0.25) is 0 Å². The van der Waals surface area contributed by atoms with Gasteiger partial charge in [-0.1, -0.05) is 36.4 Å². The molecule has 0 aromatic heterocycles. The van der Waals surface area contributed by atoms with E-state index in [4.69, 9.17) is 5.11 Å². The first-order valence-electron chi connectivity index (χ1n) is 4.80. The second-order valence-corrected chi connectivity index (χ2v) is 3.40. The SMILES string of the molecule is O=C(O)c1ccc(-c2ccccc2)cc1O. The van der Waals surface area contributed by atoms with Gasteiger partial charge in [-0.3, -0.25) is 0 Å². The summed E-state index contributed by atoms with van der Waals surface area (Å²) in [5, 5.41) is 18.3. The fourth-order valence-electron chi connectivity index (χ4n) is 1.52. The van der Waals surface area contributed by atoms with Gasteiger partial charge in [0.05, 0.1) is 0 Å².